The Balaban J connectivity index is 1.58. The van der Waals surface area contributed by atoms with Crippen LogP contribution >= 0.6 is 11.8 Å². The molecular formula is C22H19N7O3S2. The van der Waals surface area contributed by atoms with E-state index in [2.05, 4.69) is 20.6 Å². The van der Waals surface area contributed by atoms with Crippen LogP contribution in [-0.2, 0) is 27.4 Å². The first-order valence-corrected chi connectivity index (χ1v) is 12.6. The van der Waals surface area contributed by atoms with Crippen molar-refractivity contribution in [1.82, 2.24) is 24.5 Å². The van der Waals surface area contributed by atoms with E-state index in [1.165, 1.54) is 23.0 Å². The Bertz CT molecular complexity index is 1460. The van der Waals surface area contributed by atoms with Gasteiger partial charge in [-0.25, -0.2) is 8.42 Å². The molecule has 0 aliphatic heterocycles. The van der Waals surface area contributed by atoms with Gasteiger partial charge in [-0.15, -0.1) is 10.2 Å². The molecule has 2 heterocycles. The Morgan fingerprint density at radius 1 is 1.09 bits per heavy atom. The van der Waals surface area contributed by atoms with Crippen molar-refractivity contribution in [2.45, 2.75) is 15.8 Å². The molecule has 0 aliphatic rings. The van der Waals surface area contributed by atoms with Gasteiger partial charge in [0.05, 0.1) is 16.8 Å². The molecule has 2 aromatic heterocycles. The van der Waals surface area contributed by atoms with Crippen LogP contribution in [0.1, 0.15) is 11.4 Å². The van der Waals surface area contributed by atoms with Crippen molar-refractivity contribution >= 4 is 33.3 Å². The van der Waals surface area contributed by atoms with Gasteiger partial charge in [0.2, 0.25) is 5.91 Å². The maximum absolute atomic E-state index is 12.9. The standard InChI is InChI=1S/C22H19N7O3S2/c1-28-21(16(12-23)13-24-28)25-20(30)14-33-22-27-26-19(29(22)17-8-4-2-5-9-17)15-34(31,32)18-10-6-3-7-11-18/h2-11,13H,14-15H2,1H3,(H,25,30). The van der Waals surface area contributed by atoms with Gasteiger partial charge in [0.15, 0.2) is 20.8 Å². The fourth-order valence-corrected chi connectivity index (χ4v) is 5.21. The minimum atomic E-state index is -3.66. The zero-order valence-electron chi connectivity index (χ0n) is 18.0. The number of benzene rings is 2. The molecule has 34 heavy (non-hydrogen) atoms. The van der Waals surface area contributed by atoms with Gasteiger partial charge in [-0.05, 0) is 24.3 Å². The molecule has 0 fully saturated rings. The third kappa shape index (κ3) is 5.00. The Hall–Kier alpha value is -3.95. The molecule has 0 atom stereocenters. The average Bonchev–Trinajstić information content (AvgIpc) is 3.41. The predicted octanol–water partition coefficient (Wildman–Crippen LogP) is 2.58. The number of nitriles is 1. The second-order valence-corrected chi connectivity index (χ2v) is 10.1. The quantitative estimate of drug-likeness (QED) is 0.370. The Kier molecular flexibility index (Phi) is 6.76. The van der Waals surface area contributed by atoms with E-state index < -0.39 is 9.84 Å². The number of aromatic nitrogens is 5. The first kappa shape index (κ1) is 23.2. The summed E-state index contributed by atoms with van der Waals surface area (Å²) in [5, 5.41) is 24.4. The van der Waals surface area contributed by atoms with E-state index in [-0.39, 0.29) is 33.7 Å². The highest BCUT2D eigenvalue weighted by Gasteiger charge is 2.23. The third-order valence-corrected chi connectivity index (χ3v) is 7.34. The summed E-state index contributed by atoms with van der Waals surface area (Å²) < 4.78 is 28.9. The van der Waals surface area contributed by atoms with Crippen LogP contribution in [0, 0.1) is 11.3 Å². The molecule has 0 saturated heterocycles. The summed E-state index contributed by atoms with van der Waals surface area (Å²) in [6.45, 7) is 0. The van der Waals surface area contributed by atoms with E-state index in [0.29, 0.717) is 16.7 Å². The number of hydrogen-bond donors (Lipinski definition) is 1. The molecular weight excluding hydrogens is 474 g/mol. The smallest absolute Gasteiger partial charge is 0.236 e. The third-order valence-electron chi connectivity index (χ3n) is 4.79. The number of aryl methyl sites for hydroxylation is 1. The topological polar surface area (TPSA) is 136 Å². The Labute approximate surface area is 200 Å². The summed E-state index contributed by atoms with van der Waals surface area (Å²) in [6.07, 6.45) is 1.37. The van der Waals surface area contributed by atoms with E-state index in [4.69, 9.17) is 5.26 Å². The lowest BCUT2D eigenvalue weighted by atomic mass is 10.3. The van der Waals surface area contributed by atoms with Gasteiger partial charge >= 0.3 is 0 Å². The number of amides is 1. The van der Waals surface area contributed by atoms with Crippen LogP contribution < -0.4 is 5.32 Å². The fraction of sp³-hybridized carbons (Fsp3) is 0.136. The molecule has 0 bridgehead atoms. The average molecular weight is 494 g/mol. The molecule has 2 aromatic carbocycles. The first-order valence-electron chi connectivity index (χ1n) is 10.0. The molecule has 0 unspecified atom stereocenters. The zero-order valence-corrected chi connectivity index (χ0v) is 19.6. The molecule has 1 N–H and O–H groups in total. The van der Waals surface area contributed by atoms with Gasteiger partial charge in [-0.1, -0.05) is 48.2 Å². The summed E-state index contributed by atoms with van der Waals surface area (Å²) in [6, 6.07) is 19.2. The van der Waals surface area contributed by atoms with E-state index in [0.717, 1.165) is 11.8 Å². The van der Waals surface area contributed by atoms with E-state index in [9.17, 15) is 13.2 Å². The lowest BCUT2D eigenvalue weighted by Gasteiger charge is -2.11. The number of carbonyl (C=O) groups excluding carboxylic acids is 1. The number of nitrogens with one attached hydrogen (secondary N) is 1. The van der Waals surface area contributed by atoms with Crippen LogP contribution in [0.2, 0.25) is 0 Å². The van der Waals surface area contributed by atoms with Crippen LogP contribution in [0.3, 0.4) is 0 Å². The van der Waals surface area contributed by atoms with Crippen molar-refractivity contribution in [3.05, 3.63) is 78.2 Å². The van der Waals surface area contributed by atoms with Crippen LogP contribution in [-0.4, -0.2) is 44.6 Å². The lowest BCUT2D eigenvalue weighted by Crippen LogP contribution is -2.17. The molecule has 4 aromatic rings. The molecule has 0 aliphatic carbocycles. The number of sulfone groups is 1. The van der Waals surface area contributed by atoms with Gasteiger partial charge < -0.3 is 5.32 Å². The Morgan fingerprint density at radius 3 is 2.44 bits per heavy atom. The normalized spacial score (nSPS) is 11.2. The van der Waals surface area contributed by atoms with Crippen molar-refractivity contribution < 1.29 is 13.2 Å². The second-order valence-electron chi connectivity index (χ2n) is 7.12. The van der Waals surface area contributed by atoms with Crippen molar-refractivity contribution in [1.29, 1.82) is 5.26 Å². The van der Waals surface area contributed by atoms with Crippen molar-refractivity contribution in [2.24, 2.45) is 7.05 Å². The molecule has 10 nitrogen and oxygen atoms in total. The number of para-hydroxylation sites is 1. The van der Waals surface area contributed by atoms with Gasteiger partial charge in [-0.3, -0.25) is 14.0 Å². The maximum atomic E-state index is 12.9. The second kappa shape index (κ2) is 9.90. The minimum Gasteiger partial charge on any atom is -0.309 e. The maximum Gasteiger partial charge on any atom is 0.236 e. The summed E-state index contributed by atoms with van der Waals surface area (Å²) in [5.41, 5.74) is 0.925. The van der Waals surface area contributed by atoms with E-state index in [1.807, 2.05) is 24.3 Å². The zero-order chi connectivity index (χ0) is 24.1. The van der Waals surface area contributed by atoms with Gasteiger partial charge in [-0.2, -0.15) is 10.4 Å². The number of hydrogen-bond acceptors (Lipinski definition) is 8. The minimum absolute atomic E-state index is 0.0353. The summed E-state index contributed by atoms with van der Waals surface area (Å²) in [5.74, 6) is -0.228. The van der Waals surface area contributed by atoms with E-state index >= 15 is 0 Å². The molecule has 0 saturated carbocycles. The number of carbonyl (C=O) groups is 1. The SMILES string of the molecule is Cn1ncc(C#N)c1NC(=O)CSc1nnc(CS(=O)(=O)c2ccccc2)n1-c1ccccc1. The number of rotatable bonds is 8. The highest BCUT2D eigenvalue weighted by Crippen LogP contribution is 2.25. The predicted molar refractivity (Wildman–Crippen MR) is 126 cm³/mol. The highest BCUT2D eigenvalue weighted by molar-refractivity contribution is 7.99. The molecule has 12 heteroatoms. The number of nitrogens with zero attached hydrogens (tertiary/aromatic N) is 6. The first-order chi connectivity index (χ1) is 16.4. The van der Waals surface area contributed by atoms with Crippen LogP contribution in [0.5, 0.6) is 0 Å². The number of anilines is 1. The fourth-order valence-electron chi connectivity index (χ4n) is 3.17. The van der Waals surface area contributed by atoms with Crippen molar-refractivity contribution in [3.8, 4) is 11.8 Å². The molecule has 0 spiro atoms. The van der Waals surface area contributed by atoms with Crippen LogP contribution in [0.25, 0.3) is 5.69 Å². The Morgan fingerprint density at radius 2 is 1.76 bits per heavy atom. The van der Waals surface area contributed by atoms with Gasteiger partial charge in [0, 0.05) is 12.7 Å². The van der Waals surface area contributed by atoms with Crippen LogP contribution in [0.15, 0.2) is 76.9 Å². The largest absolute Gasteiger partial charge is 0.309 e. The summed E-state index contributed by atoms with van der Waals surface area (Å²) in [4.78, 5) is 12.7. The molecule has 1 amide bonds. The van der Waals surface area contributed by atoms with Crippen molar-refractivity contribution in [2.75, 3.05) is 11.1 Å². The van der Waals surface area contributed by atoms with E-state index in [1.54, 1.807) is 41.9 Å². The van der Waals surface area contributed by atoms with Gasteiger partial charge in [0.1, 0.15) is 23.2 Å². The molecule has 0 radical (unpaired) electrons. The van der Waals surface area contributed by atoms with Crippen molar-refractivity contribution in [3.63, 3.8) is 0 Å². The monoisotopic (exact) mass is 493 g/mol. The van der Waals surface area contributed by atoms with Crippen LogP contribution in [0.4, 0.5) is 5.82 Å². The molecule has 172 valence electrons. The summed E-state index contributed by atoms with van der Waals surface area (Å²) in [7, 11) is -2.04. The van der Waals surface area contributed by atoms with Gasteiger partial charge in [0.25, 0.3) is 0 Å². The summed E-state index contributed by atoms with van der Waals surface area (Å²) >= 11 is 1.10. The lowest BCUT2D eigenvalue weighted by molar-refractivity contribution is -0.113. The number of thioether (sulfide) groups is 1. The molecule has 4 rings (SSSR count). The highest BCUT2D eigenvalue weighted by atomic mass is 32.2.